The summed E-state index contributed by atoms with van der Waals surface area (Å²) in [6.45, 7) is 11.9. The van der Waals surface area contributed by atoms with Gasteiger partial charge in [-0.1, -0.05) is 43.7 Å². The van der Waals surface area contributed by atoms with Gasteiger partial charge in [-0.05, 0) is 25.6 Å². The lowest BCUT2D eigenvalue weighted by Crippen LogP contribution is -2.31. The zero-order valence-corrected chi connectivity index (χ0v) is 10.8. The lowest BCUT2D eigenvalue weighted by Gasteiger charge is -2.20. The van der Waals surface area contributed by atoms with Crippen molar-refractivity contribution >= 4 is 0 Å². The smallest absolute Gasteiger partial charge is 0.0234 e. The summed E-state index contributed by atoms with van der Waals surface area (Å²) in [5.41, 5.74) is 2.74. The molecule has 0 heterocycles. The second-order valence-corrected chi connectivity index (χ2v) is 4.21. The van der Waals surface area contributed by atoms with Crippen LogP contribution in [0, 0.1) is 6.92 Å². The third-order valence-electron chi connectivity index (χ3n) is 2.83. The first-order valence-electron chi connectivity index (χ1n) is 6.24. The van der Waals surface area contributed by atoms with Gasteiger partial charge in [-0.3, -0.25) is 4.90 Å². The molecule has 1 rings (SSSR count). The van der Waals surface area contributed by atoms with E-state index in [-0.39, 0.29) is 0 Å². The Morgan fingerprint density at radius 3 is 2.38 bits per heavy atom. The molecule has 0 aliphatic carbocycles. The van der Waals surface area contributed by atoms with E-state index in [1.807, 2.05) is 0 Å². The highest BCUT2D eigenvalue weighted by Gasteiger charge is 2.02. The fourth-order valence-electron chi connectivity index (χ4n) is 1.71. The fraction of sp³-hybridized carbons (Fsp3) is 0.571. The molecule has 0 atom stereocenters. The Labute approximate surface area is 99.7 Å². The lowest BCUT2D eigenvalue weighted by molar-refractivity contribution is 0.280. The Kier molecular flexibility index (Phi) is 6.12. The third-order valence-corrected chi connectivity index (χ3v) is 2.83. The molecule has 0 aliphatic rings. The summed E-state index contributed by atoms with van der Waals surface area (Å²) in [7, 11) is 0. The van der Waals surface area contributed by atoms with E-state index in [9.17, 15) is 0 Å². The average molecular weight is 220 g/mol. The highest BCUT2D eigenvalue weighted by Crippen LogP contribution is 2.06. The SMILES string of the molecule is CCNCCN(CC)Cc1ccc(C)cc1. The molecule has 2 nitrogen and oxygen atoms in total. The fourth-order valence-corrected chi connectivity index (χ4v) is 1.71. The molecule has 0 aromatic heterocycles. The van der Waals surface area contributed by atoms with Crippen molar-refractivity contribution < 1.29 is 0 Å². The van der Waals surface area contributed by atoms with Crippen molar-refractivity contribution in [2.75, 3.05) is 26.2 Å². The molecule has 1 aromatic carbocycles. The molecule has 0 spiro atoms. The van der Waals surface area contributed by atoms with Crippen LogP contribution >= 0.6 is 0 Å². The minimum Gasteiger partial charge on any atom is -0.316 e. The number of nitrogens with one attached hydrogen (secondary N) is 1. The van der Waals surface area contributed by atoms with Crippen molar-refractivity contribution in [2.24, 2.45) is 0 Å². The zero-order chi connectivity index (χ0) is 11.8. The highest BCUT2D eigenvalue weighted by atomic mass is 15.1. The van der Waals surface area contributed by atoms with Gasteiger partial charge < -0.3 is 5.32 Å². The van der Waals surface area contributed by atoms with Gasteiger partial charge in [-0.15, -0.1) is 0 Å². The van der Waals surface area contributed by atoms with Crippen LogP contribution in [-0.2, 0) is 6.54 Å². The van der Waals surface area contributed by atoms with E-state index in [1.165, 1.54) is 11.1 Å². The van der Waals surface area contributed by atoms with Crippen LogP contribution in [0.1, 0.15) is 25.0 Å². The minimum absolute atomic E-state index is 1.06. The number of aryl methyl sites for hydroxylation is 1. The molecule has 0 bridgehead atoms. The maximum absolute atomic E-state index is 3.37. The topological polar surface area (TPSA) is 15.3 Å². The molecule has 2 heteroatoms. The average Bonchev–Trinajstić information content (AvgIpc) is 2.31. The number of rotatable bonds is 7. The van der Waals surface area contributed by atoms with Crippen molar-refractivity contribution in [1.29, 1.82) is 0 Å². The van der Waals surface area contributed by atoms with Gasteiger partial charge in [0.25, 0.3) is 0 Å². The summed E-state index contributed by atoms with van der Waals surface area (Å²) in [4.78, 5) is 2.47. The Hall–Kier alpha value is -0.860. The summed E-state index contributed by atoms with van der Waals surface area (Å²) in [5.74, 6) is 0. The van der Waals surface area contributed by atoms with E-state index in [0.29, 0.717) is 0 Å². The summed E-state index contributed by atoms with van der Waals surface area (Å²) >= 11 is 0. The minimum atomic E-state index is 1.06. The highest BCUT2D eigenvalue weighted by molar-refractivity contribution is 5.21. The summed E-state index contributed by atoms with van der Waals surface area (Å²) in [6.07, 6.45) is 0. The van der Waals surface area contributed by atoms with Crippen LogP contribution in [0.25, 0.3) is 0 Å². The Bertz CT molecular complexity index is 279. The molecular formula is C14H24N2. The van der Waals surface area contributed by atoms with Gasteiger partial charge in [0.2, 0.25) is 0 Å². The first-order chi connectivity index (χ1) is 7.76. The van der Waals surface area contributed by atoms with Gasteiger partial charge in [-0.2, -0.15) is 0 Å². The number of hydrogen-bond donors (Lipinski definition) is 1. The van der Waals surface area contributed by atoms with Crippen LogP contribution in [0.3, 0.4) is 0 Å². The molecule has 0 aliphatic heterocycles. The summed E-state index contributed by atoms with van der Waals surface area (Å²) < 4.78 is 0. The van der Waals surface area contributed by atoms with Crippen molar-refractivity contribution in [1.82, 2.24) is 10.2 Å². The Morgan fingerprint density at radius 1 is 1.12 bits per heavy atom. The Morgan fingerprint density at radius 2 is 1.81 bits per heavy atom. The van der Waals surface area contributed by atoms with Crippen LogP contribution in [-0.4, -0.2) is 31.1 Å². The number of likely N-dealkylation sites (N-methyl/N-ethyl adjacent to an activating group) is 2. The maximum atomic E-state index is 3.37. The summed E-state index contributed by atoms with van der Waals surface area (Å²) in [6, 6.07) is 8.83. The van der Waals surface area contributed by atoms with Crippen molar-refractivity contribution in [2.45, 2.75) is 27.3 Å². The molecule has 0 amide bonds. The van der Waals surface area contributed by atoms with Crippen LogP contribution in [0.15, 0.2) is 24.3 Å². The predicted molar refractivity (Wildman–Crippen MR) is 70.7 cm³/mol. The van der Waals surface area contributed by atoms with Gasteiger partial charge in [0.15, 0.2) is 0 Å². The van der Waals surface area contributed by atoms with Gasteiger partial charge in [0.1, 0.15) is 0 Å². The van der Waals surface area contributed by atoms with E-state index in [2.05, 4.69) is 55.3 Å². The largest absolute Gasteiger partial charge is 0.316 e. The van der Waals surface area contributed by atoms with Gasteiger partial charge >= 0.3 is 0 Å². The number of benzene rings is 1. The number of nitrogens with zero attached hydrogens (tertiary/aromatic N) is 1. The third kappa shape index (κ3) is 4.77. The van der Waals surface area contributed by atoms with Crippen LogP contribution in [0.2, 0.25) is 0 Å². The monoisotopic (exact) mass is 220 g/mol. The Balaban J connectivity index is 2.40. The molecule has 0 radical (unpaired) electrons. The van der Waals surface area contributed by atoms with Crippen molar-refractivity contribution in [3.63, 3.8) is 0 Å². The van der Waals surface area contributed by atoms with Crippen LogP contribution in [0.5, 0.6) is 0 Å². The molecule has 0 saturated heterocycles. The molecule has 0 fully saturated rings. The first-order valence-corrected chi connectivity index (χ1v) is 6.24. The van der Waals surface area contributed by atoms with E-state index in [1.54, 1.807) is 0 Å². The lowest BCUT2D eigenvalue weighted by atomic mass is 10.1. The van der Waals surface area contributed by atoms with Gasteiger partial charge in [0.05, 0.1) is 0 Å². The van der Waals surface area contributed by atoms with Crippen LogP contribution < -0.4 is 5.32 Å². The first kappa shape index (κ1) is 13.2. The summed E-state index contributed by atoms with van der Waals surface area (Å²) in [5, 5.41) is 3.37. The van der Waals surface area contributed by atoms with Crippen molar-refractivity contribution in [3.05, 3.63) is 35.4 Å². The van der Waals surface area contributed by atoms with E-state index >= 15 is 0 Å². The van der Waals surface area contributed by atoms with E-state index < -0.39 is 0 Å². The zero-order valence-electron chi connectivity index (χ0n) is 10.8. The van der Waals surface area contributed by atoms with Gasteiger partial charge in [-0.25, -0.2) is 0 Å². The molecule has 0 unspecified atom stereocenters. The van der Waals surface area contributed by atoms with Crippen LogP contribution in [0.4, 0.5) is 0 Å². The predicted octanol–water partition coefficient (Wildman–Crippen LogP) is 2.43. The number of hydrogen-bond acceptors (Lipinski definition) is 2. The molecule has 1 aromatic rings. The van der Waals surface area contributed by atoms with E-state index in [4.69, 9.17) is 0 Å². The van der Waals surface area contributed by atoms with Gasteiger partial charge in [0, 0.05) is 19.6 Å². The molecule has 1 N–H and O–H groups in total. The van der Waals surface area contributed by atoms with Crippen molar-refractivity contribution in [3.8, 4) is 0 Å². The van der Waals surface area contributed by atoms with E-state index in [0.717, 1.165) is 32.7 Å². The molecule has 0 saturated carbocycles. The quantitative estimate of drug-likeness (QED) is 0.710. The molecule has 90 valence electrons. The standard InChI is InChI=1S/C14H24N2/c1-4-15-10-11-16(5-2)12-14-8-6-13(3)7-9-14/h6-9,15H,4-5,10-12H2,1-3H3. The second kappa shape index (κ2) is 7.42. The molecular weight excluding hydrogens is 196 g/mol. The maximum Gasteiger partial charge on any atom is 0.0234 e. The normalized spacial score (nSPS) is 11.0. The second-order valence-electron chi connectivity index (χ2n) is 4.21. The molecule has 16 heavy (non-hydrogen) atoms.